The van der Waals surface area contributed by atoms with Gasteiger partial charge in [-0.3, -0.25) is 0 Å². The van der Waals surface area contributed by atoms with Gasteiger partial charge >= 0.3 is 0 Å². The molecule has 0 aromatic heterocycles. The molecule has 1 saturated heterocycles. The molecule has 0 radical (unpaired) electrons. The molecular weight excluding hydrogens is 288 g/mol. The summed E-state index contributed by atoms with van der Waals surface area (Å²) in [6.07, 6.45) is 1.71. The molecule has 0 amide bonds. The Kier molecular flexibility index (Phi) is 5.24. The van der Waals surface area contributed by atoms with Gasteiger partial charge < -0.3 is 9.64 Å². The van der Waals surface area contributed by atoms with Gasteiger partial charge in [-0.1, -0.05) is 0 Å². The standard InChI is InChI=1S/C15H24N2O3S/c1-12(2)17-10-8-13(9-11-17)16-21(18,19)15-6-4-14(20-3)5-7-15/h4-7,12-13,16H,8-11H2,1-3H3. The lowest BCUT2D eigenvalue weighted by atomic mass is 10.1. The predicted molar refractivity (Wildman–Crippen MR) is 83.0 cm³/mol. The van der Waals surface area contributed by atoms with Gasteiger partial charge in [0.2, 0.25) is 10.0 Å². The van der Waals surface area contributed by atoms with Crippen LogP contribution in [0.5, 0.6) is 5.75 Å². The third kappa shape index (κ3) is 4.18. The maximum absolute atomic E-state index is 12.3. The number of benzene rings is 1. The van der Waals surface area contributed by atoms with Gasteiger partial charge in [0.25, 0.3) is 0 Å². The molecule has 1 heterocycles. The van der Waals surface area contributed by atoms with Crippen molar-refractivity contribution in [1.29, 1.82) is 0 Å². The van der Waals surface area contributed by atoms with Crippen LogP contribution >= 0.6 is 0 Å². The monoisotopic (exact) mass is 312 g/mol. The molecular formula is C15H24N2O3S. The van der Waals surface area contributed by atoms with Gasteiger partial charge in [-0.25, -0.2) is 13.1 Å². The Labute approximate surface area is 127 Å². The van der Waals surface area contributed by atoms with E-state index in [1.54, 1.807) is 31.4 Å². The van der Waals surface area contributed by atoms with E-state index in [-0.39, 0.29) is 10.9 Å². The highest BCUT2D eigenvalue weighted by molar-refractivity contribution is 7.89. The predicted octanol–water partition coefficient (Wildman–Crippen LogP) is 1.85. The molecule has 118 valence electrons. The Morgan fingerprint density at radius 3 is 2.24 bits per heavy atom. The van der Waals surface area contributed by atoms with Gasteiger partial charge in [-0.2, -0.15) is 0 Å². The van der Waals surface area contributed by atoms with Crippen molar-refractivity contribution in [2.45, 2.75) is 43.7 Å². The quantitative estimate of drug-likeness (QED) is 0.901. The van der Waals surface area contributed by atoms with Crippen LogP contribution in [0.2, 0.25) is 0 Å². The smallest absolute Gasteiger partial charge is 0.240 e. The summed E-state index contributed by atoms with van der Waals surface area (Å²) in [5.41, 5.74) is 0. The average molecular weight is 312 g/mol. The minimum atomic E-state index is -3.45. The molecule has 1 aliphatic heterocycles. The summed E-state index contributed by atoms with van der Waals surface area (Å²) in [5, 5.41) is 0. The molecule has 6 heteroatoms. The number of sulfonamides is 1. The van der Waals surface area contributed by atoms with Gasteiger partial charge in [-0.15, -0.1) is 0 Å². The lowest BCUT2D eigenvalue weighted by molar-refractivity contribution is 0.168. The summed E-state index contributed by atoms with van der Waals surface area (Å²) in [5.74, 6) is 0.652. The first kappa shape index (κ1) is 16.3. The minimum absolute atomic E-state index is 0.0205. The molecule has 0 spiro atoms. The maximum Gasteiger partial charge on any atom is 0.240 e. The Bertz CT molecular complexity index is 547. The largest absolute Gasteiger partial charge is 0.497 e. The summed E-state index contributed by atoms with van der Waals surface area (Å²) in [6.45, 7) is 6.21. The SMILES string of the molecule is COc1ccc(S(=O)(=O)NC2CCN(C(C)C)CC2)cc1. The van der Waals surface area contributed by atoms with E-state index in [1.165, 1.54) is 0 Å². The van der Waals surface area contributed by atoms with E-state index in [2.05, 4.69) is 23.5 Å². The van der Waals surface area contributed by atoms with Crippen molar-refractivity contribution < 1.29 is 13.2 Å². The Morgan fingerprint density at radius 1 is 1.19 bits per heavy atom. The highest BCUT2D eigenvalue weighted by atomic mass is 32.2. The molecule has 1 N–H and O–H groups in total. The second kappa shape index (κ2) is 6.77. The number of rotatable bonds is 5. The number of hydrogen-bond donors (Lipinski definition) is 1. The molecule has 0 aliphatic carbocycles. The molecule has 2 rings (SSSR count). The molecule has 0 atom stereocenters. The first-order chi connectivity index (χ1) is 9.92. The van der Waals surface area contributed by atoms with Crippen molar-refractivity contribution in [3.8, 4) is 5.75 Å². The topological polar surface area (TPSA) is 58.6 Å². The summed E-state index contributed by atoms with van der Waals surface area (Å²) in [4.78, 5) is 2.66. The van der Waals surface area contributed by atoms with E-state index in [0.29, 0.717) is 11.8 Å². The van der Waals surface area contributed by atoms with Crippen molar-refractivity contribution in [1.82, 2.24) is 9.62 Å². The number of methoxy groups -OCH3 is 1. The van der Waals surface area contributed by atoms with Crippen molar-refractivity contribution in [3.05, 3.63) is 24.3 Å². The van der Waals surface area contributed by atoms with E-state index in [9.17, 15) is 8.42 Å². The highest BCUT2D eigenvalue weighted by Gasteiger charge is 2.25. The van der Waals surface area contributed by atoms with Gasteiger partial charge in [0, 0.05) is 12.1 Å². The fourth-order valence-corrected chi connectivity index (χ4v) is 3.88. The van der Waals surface area contributed by atoms with E-state index in [4.69, 9.17) is 4.74 Å². The third-order valence-electron chi connectivity index (χ3n) is 3.95. The summed E-state index contributed by atoms with van der Waals surface area (Å²) < 4.78 is 32.6. The molecule has 21 heavy (non-hydrogen) atoms. The number of piperidine rings is 1. The van der Waals surface area contributed by atoms with Crippen molar-refractivity contribution >= 4 is 10.0 Å². The number of nitrogens with zero attached hydrogens (tertiary/aromatic N) is 1. The molecule has 1 aromatic rings. The van der Waals surface area contributed by atoms with Crippen LogP contribution in [0.25, 0.3) is 0 Å². The lowest BCUT2D eigenvalue weighted by Gasteiger charge is -2.34. The first-order valence-electron chi connectivity index (χ1n) is 7.33. The lowest BCUT2D eigenvalue weighted by Crippen LogP contribution is -2.46. The minimum Gasteiger partial charge on any atom is -0.497 e. The van der Waals surface area contributed by atoms with Crippen molar-refractivity contribution in [3.63, 3.8) is 0 Å². The van der Waals surface area contributed by atoms with Crippen LogP contribution in [0.4, 0.5) is 0 Å². The molecule has 1 aromatic carbocycles. The van der Waals surface area contributed by atoms with Gasteiger partial charge in [0.15, 0.2) is 0 Å². The molecule has 0 bridgehead atoms. The molecule has 1 aliphatic rings. The van der Waals surface area contributed by atoms with Crippen LogP contribution in [-0.4, -0.2) is 45.6 Å². The highest BCUT2D eigenvalue weighted by Crippen LogP contribution is 2.18. The molecule has 5 nitrogen and oxygen atoms in total. The second-order valence-electron chi connectivity index (χ2n) is 5.70. The van der Waals surface area contributed by atoms with E-state index in [1.807, 2.05) is 0 Å². The number of nitrogens with one attached hydrogen (secondary N) is 1. The van der Waals surface area contributed by atoms with E-state index in [0.717, 1.165) is 25.9 Å². The number of likely N-dealkylation sites (tertiary alicyclic amines) is 1. The van der Waals surface area contributed by atoms with Crippen LogP contribution in [0.1, 0.15) is 26.7 Å². The van der Waals surface area contributed by atoms with E-state index < -0.39 is 10.0 Å². The average Bonchev–Trinajstić information content (AvgIpc) is 2.47. The second-order valence-corrected chi connectivity index (χ2v) is 7.41. The van der Waals surface area contributed by atoms with Crippen molar-refractivity contribution in [2.75, 3.05) is 20.2 Å². The third-order valence-corrected chi connectivity index (χ3v) is 5.49. The van der Waals surface area contributed by atoms with Gasteiger partial charge in [0.1, 0.15) is 5.75 Å². The summed E-state index contributed by atoms with van der Waals surface area (Å²) >= 11 is 0. The van der Waals surface area contributed by atoms with Crippen LogP contribution in [0.3, 0.4) is 0 Å². The zero-order valence-electron chi connectivity index (χ0n) is 12.9. The molecule has 1 fully saturated rings. The van der Waals surface area contributed by atoms with Crippen LogP contribution in [-0.2, 0) is 10.0 Å². The fourth-order valence-electron chi connectivity index (χ4n) is 2.58. The summed E-state index contributed by atoms with van der Waals surface area (Å²) in [7, 11) is -1.89. The van der Waals surface area contributed by atoms with Crippen LogP contribution < -0.4 is 9.46 Å². The first-order valence-corrected chi connectivity index (χ1v) is 8.81. The normalized spacial score (nSPS) is 18.1. The zero-order valence-corrected chi connectivity index (χ0v) is 13.7. The Hall–Kier alpha value is -1.11. The Morgan fingerprint density at radius 2 is 1.76 bits per heavy atom. The zero-order chi connectivity index (χ0) is 15.5. The number of ether oxygens (including phenoxy) is 1. The van der Waals surface area contributed by atoms with Crippen LogP contribution in [0.15, 0.2) is 29.2 Å². The Balaban J connectivity index is 1.98. The fraction of sp³-hybridized carbons (Fsp3) is 0.600. The molecule has 0 saturated carbocycles. The van der Waals surface area contributed by atoms with Crippen molar-refractivity contribution in [2.24, 2.45) is 0 Å². The van der Waals surface area contributed by atoms with Gasteiger partial charge in [-0.05, 0) is 64.0 Å². The maximum atomic E-state index is 12.3. The number of hydrogen-bond acceptors (Lipinski definition) is 4. The summed E-state index contributed by atoms with van der Waals surface area (Å²) in [6, 6.07) is 7.01. The van der Waals surface area contributed by atoms with Gasteiger partial charge in [0.05, 0.1) is 12.0 Å². The molecule has 0 unspecified atom stereocenters. The van der Waals surface area contributed by atoms with E-state index >= 15 is 0 Å². The van der Waals surface area contributed by atoms with Crippen LogP contribution in [0, 0.1) is 0 Å².